The fraction of sp³-hybridized carbons (Fsp3) is 0.500. The van der Waals surface area contributed by atoms with Crippen LogP contribution in [0.4, 0.5) is 14.5 Å². The highest BCUT2D eigenvalue weighted by atomic mass is 35.5. The normalized spacial score (nSPS) is 21.3. The Labute approximate surface area is 176 Å². The van der Waals surface area contributed by atoms with E-state index in [2.05, 4.69) is 5.10 Å². The molecule has 4 nitrogen and oxygen atoms in total. The van der Waals surface area contributed by atoms with Crippen LogP contribution in [0, 0.1) is 30.4 Å². The van der Waals surface area contributed by atoms with Gasteiger partial charge in [0, 0.05) is 43.5 Å². The third kappa shape index (κ3) is 4.19. The number of aryl methyl sites for hydroxylation is 2. The first-order valence-electron chi connectivity index (χ1n) is 8.43. The summed E-state index contributed by atoms with van der Waals surface area (Å²) < 4.78 is 31.0. The van der Waals surface area contributed by atoms with Crippen LogP contribution >= 0.6 is 37.2 Å². The first kappa shape index (κ1) is 24.0. The van der Waals surface area contributed by atoms with Gasteiger partial charge in [0.05, 0.1) is 11.4 Å². The van der Waals surface area contributed by atoms with Crippen molar-refractivity contribution in [2.24, 2.45) is 24.6 Å². The van der Waals surface area contributed by atoms with E-state index >= 15 is 0 Å². The summed E-state index contributed by atoms with van der Waals surface area (Å²) in [4.78, 5) is 1.97. The van der Waals surface area contributed by atoms with Crippen LogP contribution in [0.25, 0.3) is 11.1 Å². The van der Waals surface area contributed by atoms with Crippen LogP contribution in [0.15, 0.2) is 18.3 Å². The Kier molecular flexibility index (Phi) is 7.94. The van der Waals surface area contributed by atoms with Crippen molar-refractivity contribution in [3.63, 3.8) is 0 Å². The van der Waals surface area contributed by atoms with Crippen molar-refractivity contribution in [1.29, 1.82) is 0 Å². The molecule has 2 N–H and O–H groups in total. The van der Waals surface area contributed by atoms with Crippen molar-refractivity contribution < 1.29 is 8.78 Å². The van der Waals surface area contributed by atoms with Gasteiger partial charge in [-0.25, -0.2) is 8.78 Å². The topological polar surface area (TPSA) is 47.1 Å². The van der Waals surface area contributed by atoms with Crippen molar-refractivity contribution in [3.05, 3.63) is 35.7 Å². The van der Waals surface area contributed by atoms with E-state index in [1.165, 1.54) is 0 Å². The van der Waals surface area contributed by atoms with Crippen LogP contribution in [0.2, 0.25) is 0 Å². The second-order valence-electron chi connectivity index (χ2n) is 7.22. The lowest BCUT2D eigenvalue weighted by Gasteiger charge is -2.22. The number of rotatable bonds is 2. The summed E-state index contributed by atoms with van der Waals surface area (Å²) in [6.45, 7) is 3.32. The lowest BCUT2D eigenvalue weighted by Crippen LogP contribution is -2.26. The minimum absolute atomic E-state index is 0. The summed E-state index contributed by atoms with van der Waals surface area (Å²) in [5.41, 5.74) is 7.95. The zero-order valence-electron chi connectivity index (χ0n) is 15.2. The summed E-state index contributed by atoms with van der Waals surface area (Å²) in [7, 11) is 1.77. The monoisotopic (exact) mass is 440 g/mol. The highest BCUT2D eigenvalue weighted by Gasteiger charge is 2.40. The lowest BCUT2D eigenvalue weighted by molar-refractivity contribution is 0.494. The Bertz CT molecular complexity index is 785. The molecule has 2 aliphatic rings. The van der Waals surface area contributed by atoms with Gasteiger partial charge >= 0.3 is 0 Å². The number of anilines is 1. The SMILES string of the molecule is Cc1nn(C)cc1-c1ccc(N2C[C@@H]3CC(N)C[C@H]3C2)c(F)c1F.Cl.Cl.Cl. The summed E-state index contributed by atoms with van der Waals surface area (Å²) in [6.07, 6.45) is 3.69. The number of benzene rings is 1. The Hall–Kier alpha value is -1.08. The Morgan fingerprint density at radius 1 is 1.00 bits per heavy atom. The molecule has 1 saturated carbocycles. The maximum absolute atomic E-state index is 14.7. The third-order valence-corrected chi connectivity index (χ3v) is 5.49. The number of nitrogens with two attached hydrogens (primary N) is 1. The summed E-state index contributed by atoms with van der Waals surface area (Å²) >= 11 is 0. The van der Waals surface area contributed by atoms with Crippen molar-refractivity contribution in [3.8, 4) is 11.1 Å². The standard InChI is InChI=1S/C18H22F2N4.3ClH/c1-10-15(9-23(2)22-10)14-3-4-16(18(20)17(14)19)24-7-11-5-13(21)6-12(11)8-24;;;/h3-4,9,11-13H,5-8,21H2,1-2H3;3*1H/t11-,12-;;;/m0.../s1. The predicted octanol–water partition coefficient (Wildman–Crippen LogP) is 4.11. The van der Waals surface area contributed by atoms with Gasteiger partial charge in [-0.15, -0.1) is 37.2 Å². The van der Waals surface area contributed by atoms with Gasteiger partial charge < -0.3 is 10.6 Å². The minimum Gasteiger partial charge on any atom is -0.369 e. The number of hydrogen-bond acceptors (Lipinski definition) is 3. The van der Waals surface area contributed by atoms with Crippen molar-refractivity contribution in [2.45, 2.75) is 25.8 Å². The first-order chi connectivity index (χ1) is 11.4. The van der Waals surface area contributed by atoms with E-state index in [4.69, 9.17) is 5.73 Å². The molecule has 152 valence electrons. The van der Waals surface area contributed by atoms with Gasteiger partial charge in [-0.05, 0) is 43.7 Å². The molecule has 1 saturated heterocycles. The molecule has 1 aromatic heterocycles. The van der Waals surface area contributed by atoms with Crippen LogP contribution in [0.5, 0.6) is 0 Å². The molecule has 0 bridgehead atoms. The van der Waals surface area contributed by atoms with E-state index in [1.807, 2.05) is 4.90 Å². The highest BCUT2D eigenvalue weighted by molar-refractivity contribution is 5.86. The van der Waals surface area contributed by atoms with Gasteiger partial charge in [-0.2, -0.15) is 5.10 Å². The average molecular weight is 442 g/mol. The van der Waals surface area contributed by atoms with Gasteiger partial charge in [-0.3, -0.25) is 4.68 Å². The molecule has 2 heterocycles. The van der Waals surface area contributed by atoms with Crippen molar-refractivity contribution in [1.82, 2.24) is 9.78 Å². The Morgan fingerprint density at radius 2 is 1.59 bits per heavy atom. The molecule has 27 heavy (non-hydrogen) atoms. The molecule has 2 atom stereocenters. The van der Waals surface area contributed by atoms with E-state index in [1.54, 1.807) is 37.0 Å². The molecule has 9 heteroatoms. The number of aromatic nitrogens is 2. The van der Waals surface area contributed by atoms with Crippen molar-refractivity contribution in [2.75, 3.05) is 18.0 Å². The predicted molar refractivity (Wildman–Crippen MR) is 111 cm³/mol. The second kappa shape index (κ2) is 8.95. The summed E-state index contributed by atoms with van der Waals surface area (Å²) in [5, 5.41) is 4.21. The highest BCUT2D eigenvalue weighted by Crippen LogP contribution is 2.41. The van der Waals surface area contributed by atoms with E-state index in [0.29, 0.717) is 28.8 Å². The summed E-state index contributed by atoms with van der Waals surface area (Å²) in [6, 6.07) is 3.62. The van der Waals surface area contributed by atoms with Gasteiger partial charge in [0.15, 0.2) is 11.6 Å². The average Bonchev–Trinajstić information content (AvgIpc) is 3.14. The lowest BCUT2D eigenvalue weighted by atomic mass is 10.0. The molecule has 1 aliphatic heterocycles. The van der Waals surface area contributed by atoms with Gasteiger partial charge in [0.1, 0.15) is 0 Å². The maximum atomic E-state index is 14.7. The Morgan fingerprint density at radius 3 is 2.11 bits per heavy atom. The summed E-state index contributed by atoms with van der Waals surface area (Å²) in [5.74, 6) is -0.553. The second-order valence-corrected chi connectivity index (χ2v) is 7.22. The molecular formula is C18H25Cl3F2N4. The van der Waals surface area contributed by atoms with Crippen LogP contribution in [0.3, 0.4) is 0 Å². The minimum atomic E-state index is -0.794. The quantitative estimate of drug-likeness (QED) is 0.763. The van der Waals surface area contributed by atoms with Crippen LogP contribution < -0.4 is 10.6 Å². The third-order valence-electron chi connectivity index (χ3n) is 5.49. The number of nitrogens with zero attached hydrogens (tertiary/aromatic N) is 3. The van der Waals surface area contributed by atoms with E-state index < -0.39 is 11.6 Å². The number of halogens is 5. The van der Waals surface area contributed by atoms with Gasteiger partial charge in [0.2, 0.25) is 0 Å². The van der Waals surface area contributed by atoms with E-state index in [0.717, 1.165) is 25.9 Å². The largest absolute Gasteiger partial charge is 0.369 e. The molecule has 1 aromatic carbocycles. The molecule has 0 unspecified atom stereocenters. The number of hydrogen-bond donors (Lipinski definition) is 1. The molecule has 2 aromatic rings. The molecule has 4 rings (SSSR count). The molecular weight excluding hydrogens is 417 g/mol. The van der Waals surface area contributed by atoms with Crippen LogP contribution in [-0.2, 0) is 7.05 Å². The van der Waals surface area contributed by atoms with Crippen LogP contribution in [0.1, 0.15) is 18.5 Å². The maximum Gasteiger partial charge on any atom is 0.182 e. The molecule has 2 fully saturated rings. The zero-order chi connectivity index (χ0) is 17.0. The molecule has 0 spiro atoms. The Balaban J connectivity index is 0.00000121. The van der Waals surface area contributed by atoms with Gasteiger partial charge in [0.25, 0.3) is 0 Å². The zero-order valence-corrected chi connectivity index (χ0v) is 17.6. The molecule has 0 radical (unpaired) electrons. The van der Waals surface area contributed by atoms with Crippen molar-refractivity contribution >= 4 is 42.9 Å². The van der Waals surface area contributed by atoms with Crippen LogP contribution in [-0.4, -0.2) is 28.9 Å². The fourth-order valence-corrected chi connectivity index (χ4v) is 4.40. The molecule has 0 amide bonds. The fourth-order valence-electron chi connectivity index (χ4n) is 4.40. The van der Waals surface area contributed by atoms with E-state index in [-0.39, 0.29) is 48.8 Å². The van der Waals surface area contributed by atoms with E-state index in [9.17, 15) is 8.78 Å². The first-order valence-corrected chi connectivity index (χ1v) is 8.43. The van der Waals surface area contributed by atoms with Gasteiger partial charge in [-0.1, -0.05) is 0 Å². The smallest absolute Gasteiger partial charge is 0.182 e. The number of fused-ring (bicyclic) bond motifs is 1. The molecule has 1 aliphatic carbocycles.